The second-order valence-corrected chi connectivity index (χ2v) is 5.84. The largest absolute Gasteiger partial charge is 0.465 e. The van der Waals surface area contributed by atoms with Gasteiger partial charge in [-0.1, -0.05) is 6.92 Å². The van der Waals surface area contributed by atoms with Crippen molar-refractivity contribution in [3.63, 3.8) is 0 Å². The van der Waals surface area contributed by atoms with Crippen LogP contribution in [0.4, 0.5) is 0 Å². The Balaban J connectivity index is 2.57. The number of carbonyl (C=O) groups excluding carboxylic acids is 2. The fraction of sp³-hybridized carbons (Fsp3) is 0.857. The van der Waals surface area contributed by atoms with Gasteiger partial charge in [-0.05, 0) is 33.1 Å². The van der Waals surface area contributed by atoms with E-state index in [0.29, 0.717) is 19.5 Å². The van der Waals surface area contributed by atoms with Crippen LogP contribution in [-0.4, -0.2) is 54.1 Å². The molecule has 0 amide bonds. The third-order valence-electron chi connectivity index (χ3n) is 3.79. The molecule has 0 aliphatic carbocycles. The Morgan fingerprint density at radius 1 is 1.42 bits per heavy atom. The van der Waals surface area contributed by atoms with Crippen LogP contribution in [0, 0.1) is 11.3 Å². The molecule has 1 heterocycles. The van der Waals surface area contributed by atoms with Crippen molar-refractivity contribution in [3.05, 3.63) is 0 Å². The molecule has 2 atom stereocenters. The van der Waals surface area contributed by atoms with E-state index in [2.05, 4.69) is 0 Å². The number of aliphatic hydroxyl groups excluding tert-OH is 1. The first-order valence-electron chi connectivity index (χ1n) is 6.90. The van der Waals surface area contributed by atoms with E-state index in [1.807, 2.05) is 11.8 Å². The van der Waals surface area contributed by atoms with Crippen LogP contribution in [-0.2, 0) is 14.3 Å². The summed E-state index contributed by atoms with van der Waals surface area (Å²) in [7, 11) is 0. The highest BCUT2D eigenvalue weighted by Gasteiger charge is 2.38. The predicted molar refractivity (Wildman–Crippen MR) is 71.6 cm³/mol. The number of piperidine rings is 1. The van der Waals surface area contributed by atoms with Crippen LogP contribution in [0.5, 0.6) is 0 Å². The second-order valence-electron chi connectivity index (χ2n) is 5.84. The first-order valence-corrected chi connectivity index (χ1v) is 6.90. The van der Waals surface area contributed by atoms with Crippen LogP contribution in [0.2, 0.25) is 0 Å². The van der Waals surface area contributed by atoms with Gasteiger partial charge in [0.05, 0.1) is 19.3 Å². The smallest absolute Gasteiger partial charge is 0.319 e. The van der Waals surface area contributed by atoms with Gasteiger partial charge in [-0.15, -0.1) is 0 Å². The van der Waals surface area contributed by atoms with Gasteiger partial charge in [0, 0.05) is 13.1 Å². The molecule has 1 aliphatic heterocycles. The molecule has 0 aromatic rings. The fourth-order valence-corrected chi connectivity index (χ4v) is 2.19. The van der Waals surface area contributed by atoms with Gasteiger partial charge in [0.1, 0.15) is 5.41 Å². The van der Waals surface area contributed by atoms with Crippen molar-refractivity contribution in [2.75, 3.05) is 26.2 Å². The molecule has 1 rings (SSSR count). The van der Waals surface area contributed by atoms with Crippen molar-refractivity contribution in [2.45, 2.75) is 40.2 Å². The zero-order chi connectivity index (χ0) is 14.6. The number of hydrogen-bond donors (Lipinski definition) is 1. The topological polar surface area (TPSA) is 66.8 Å². The number of esters is 1. The monoisotopic (exact) mass is 271 g/mol. The number of nitrogens with zero attached hydrogens (tertiary/aromatic N) is 1. The molecule has 0 aromatic carbocycles. The molecule has 0 bridgehead atoms. The summed E-state index contributed by atoms with van der Waals surface area (Å²) in [4.78, 5) is 26.0. The molecule has 0 spiro atoms. The SMILES string of the molecule is CCOC(=O)C(C)(C)C(=O)CN1CCC(O)C(C)C1. The highest BCUT2D eigenvalue weighted by Crippen LogP contribution is 2.22. The van der Waals surface area contributed by atoms with Gasteiger partial charge < -0.3 is 9.84 Å². The Hall–Kier alpha value is -0.940. The van der Waals surface area contributed by atoms with Gasteiger partial charge in [0.2, 0.25) is 0 Å². The molecule has 19 heavy (non-hydrogen) atoms. The maximum atomic E-state index is 12.2. The fourth-order valence-electron chi connectivity index (χ4n) is 2.19. The molecule has 1 aliphatic rings. The van der Waals surface area contributed by atoms with Gasteiger partial charge in [-0.3, -0.25) is 14.5 Å². The van der Waals surface area contributed by atoms with E-state index in [0.717, 1.165) is 0 Å². The van der Waals surface area contributed by atoms with Gasteiger partial charge in [0.15, 0.2) is 5.78 Å². The zero-order valence-corrected chi connectivity index (χ0v) is 12.3. The minimum atomic E-state index is -1.10. The molecule has 1 fully saturated rings. The third-order valence-corrected chi connectivity index (χ3v) is 3.79. The lowest BCUT2D eigenvalue weighted by atomic mass is 9.87. The van der Waals surface area contributed by atoms with Gasteiger partial charge >= 0.3 is 5.97 Å². The van der Waals surface area contributed by atoms with E-state index in [1.54, 1.807) is 20.8 Å². The number of ether oxygens (including phenoxy) is 1. The summed E-state index contributed by atoms with van der Waals surface area (Å²) in [6.07, 6.45) is 0.387. The Bertz CT molecular complexity index is 340. The molecule has 0 saturated carbocycles. The lowest BCUT2D eigenvalue weighted by molar-refractivity contribution is -0.158. The van der Waals surface area contributed by atoms with Crippen molar-refractivity contribution in [1.82, 2.24) is 4.90 Å². The molecule has 0 aromatic heterocycles. The lowest BCUT2D eigenvalue weighted by Gasteiger charge is -2.35. The van der Waals surface area contributed by atoms with Crippen LogP contribution in [0.15, 0.2) is 0 Å². The van der Waals surface area contributed by atoms with Crippen molar-refractivity contribution < 1.29 is 19.4 Å². The molecular formula is C14H25NO4. The zero-order valence-electron chi connectivity index (χ0n) is 12.3. The summed E-state index contributed by atoms with van der Waals surface area (Å²) in [5.74, 6) is -0.438. The summed E-state index contributed by atoms with van der Waals surface area (Å²) >= 11 is 0. The number of likely N-dealkylation sites (tertiary alicyclic amines) is 1. The number of aliphatic hydroxyl groups is 1. The first kappa shape index (κ1) is 16.1. The summed E-state index contributed by atoms with van der Waals surface area (Å²) in [6, 6.07) is 0. The highest BCUT2D eigenvalue weighted by atomic mass is 16.5. The maximum absolute atomic E-state index is 12.2. The van der Waals surface area contributed by atoms with E-state index < -0.39 is 11.4 Å². The van der Waals surface area contributed by atoms with Gasteiger partial charge in [-0.25, -0.2) is 0 Å². The second kappa shape index (κ2) is 6.48. The van der Waals surface area contributed by atoms with Crippen molar-refractivity contribution in [3.8, 4) is 0 Å². The maximum Gasteiger partial charge on any atom is 0.319 e. The molecule has 0 radical (unpaired) electrons. The minimum Gasteiger partial charge on any atom is -0.465 e. The molecule has 110 valence electrons. The molecule has 1 saturated heterocycles. The number of Topliss-reactive ketones (excluding diaryl/α,β-unsaturated/α-hetero) is 1. The van der Waals surface area contributed by atoms with Crippen LogP contribution in [0.25, 0.3) is 0 Å². The highest BCUT2D eigenvalue weighted by molar-refractivity contribution is 6.03. The van der Waals surface area contributed by atoms with E-state index >= 15 is 0 Å². The Morgan fingerprint density at radius 2 is 2.05 bits per heavy atom. The minimum absolute atomic E-state index is 0.130. The third kappa shape index (κ3) is 4.01. The normalized spacial score (nSPS) is 25.1. The lowest BCUT2D eigenvalue weighted by Crippen LogP contribution is -2.48. The van der Waals surface area contributed by atoms with E-state index in [-0.39, 0.29) is 31.0 Å². The summed E-state index contributed by atoms with van der Waals surface area (Å²) < 4.78 is 4.94. The number of hydrogen-bond acceptors (Lipinski definition) is 5. The quantitative estimate of drug-likeness (QED) is 0.593. The average Bonchev–Trinajstić information content (AvgIpc) is 2.34. The number of rotatable bonds is 5. The van der Waals surface area contributed by atoms with Crippen LogP contribution >= 0.6 is 0 Å². The Morgan fingerprint density at radius 3 is 2.58 bits per heavy atom. The molecule has 1 N–H and O–H groups in total. The summed E-state index contributed by atoms with van der Waals surface area (Å²) in [5, 5.41) is 9.66. The predicted octanol–water partition coefficient (Wildman–Crippen LogP) is 0.847. The average molecular weight is 271 g/mol. The number of ketones is 1. The summed E-state index contributed by atoms with van der Waals surface area (Å²) in [6.45, 7) is 8.81. The van der Waals surface area contributed by atoms with Crippen molar-refractivity contribution in [1.29, 1.82) is 0 Å². The first-order chi connectivity index (χ1) is 8.78. The molecular weight excluding hydrogens is 246 g/mol. The van der Waals surface area contributed by atoms with E-state index in [1.165, 1.54) is 0 Å². The van der Waals surface area contributed by atoms with Gasteiger partial charge in [0.25, 0.3) is 0 Å². The van der Waals surface area contributed by atoms with Crippen LogP contribution < -0.4 is 0 Å². The van der Waals surface area contributed by atoms with E-state index in [9.17, 15) is 14.7 Å². The van der Waals surface area contributed by atoms with Crippen molar-refractivity contribution in [2.24, 2.45) is 11.3 Å². The Labute approximate surface area is 114 Å². The van der Waals surface area contributed by atoms with Gasteiger partial charge in [-0.2, -0.15) is 0 Å². The van der Waals surface area contributed by atoms with E-state index in [4.69, 9.17) is 4.74 Å². The molecule has 5 nitrogen and oxygen atoms in total. The standard InChI is InChI=1S/C14H25NO4/c1-5-19-13(18)14(3,4)12(17)9-15-7-6-11(16)10(2)8-15/h10-11,16H,5-9H2,1-4H3. The number of carbonyl (C=O) groups is 2. The molecule has 2 unspecified atom stereocenters. The van der Waals surface area contributed by atoms with Crippen LogP contribution in [0.1, 0.15) is 34.1 Å². The molecule has 5 heteroatoms. The Kier molecular flexibility index (Phi) is 5.50. The summed E-state index contributed by atoms with van der Waals surface area (Å²) in [5.41, 5.74) is -1.10. The van der Waals surface area contributed by atoms with Crippen molar-refractivity contribution >= 4 is 11.8 Å². The van der Waals surface area contributed by atoms with Crippen LogP contribution in [0.3, 0.4) is 0 Å².